The monoisotopic (exact) mass is 256 g/mol. The summed E-state index contributed by atoms with van der Waals surface area (Å²) in [6.45, 7) is 11.6. The Morgan fingerprint density at radius 2 is 1.53 bits per heavy atom. The highest BCUT2D eigenvalue weighted by molar-refractivity contribution is 7.86. The van der Waals surface area contributed by atoms with Crippen molar-refractivity contribution < 1.29 is 13.0 Å². The summed E-state index contributed by atoms with van der Waals surface area (Å²) in [5, 5.41) is 0. The third-order valence-electron chi connectivity index (χ3n) is 3.09. The molecule has 0 aliphatic rings. The molecule has 0 spiro atoms. The summed E-state index contributed by atoms with van der Waals surface area (Å²) >= 11 is 0. The van der Waals surface area contributed by atoms with Crippen molar-refractivity contribution >= 4 is 10.1 Å². The van der Waals surface area contributed by atoms with Crippen LogP contribution in [-0.4, -0.2) is 13.0 Å². The van der Waals surface area contributed by atoms with E-state index in [4.69, 9.17) is 0 Å². The Labute approximate surface area is 104 Å². The fourth-order valence-electron chi connectivity index (χ4n) is 2.23. The molecule has 0 saturated carbocycles. The van der Waals surface area contributed by atoms with Gasteiger partial charge in [0.1, 0.15) is 0 Å². The summed E-state index contributed by atoms with van der Waals surface area (Å²) in [7, 11) is -4.15. The molecular weight excluding hydrogens is 236 g/mol. The zero-order valence-corrected chi connectivity index (χ0v) is 12.1. The molecule has 1 rings (SSSR count). The van der Waals surface area contributed by atoms with Crippen LogP contribution in [0.25, 0.3) is 0 Å². The number of hydrogen-bond donors (Lipinski definition) is 1. The van der Waals surface area contributed by atoms with Gasteiger partial charge < -0.3 is 0 Å². The second-order valence-corrected chi connectivity index (χ2v) is 6.90. The molecule has 0 saturated heterocycles. The number of rotatable bonds is 1. The molecule has 1 aromatic rings. The number of hydrogen-bond acceptors (Lipinski definition) is 2. The Morgan fingerprint density at radius 3 is 1.88 bits per heavy atom. The van der Waals surface area contributed by atoms with Gasteiger partial charge in [0.25, 0.3) is 10.1 Å². The maximum Gasteiger partial charge on any atom is 0.295 e. The predicted octanol–water partition coefficient (Wildman–Crippen LogP) is 3.16. The van der Waals surface area contributed by atoms with Gasteiger partial charge in [-0.3, -0.25) is 4.55 Å². The van der Waals surface area contributed by atoms with Gasteiger partial charge in [-0.2, -0.15) is 8.42 Å². The first-order valence-corrected chi connectivity index (χ1v) is 6.99. The van der Waals surface area contributed by atoms with Gasteiger partial charge in [0, 0.05) is 0 Å². The van der Waals surface area contributed by atoms with Crippen molar-refractivity contribution in [2.24, 2.45) is 0 Å². The molecule has 0 aromatic heterocycles. The normalized spacial score (nSPS) is 12.9. The standard InChI is InChI=1S/C13H20O3S/c1-8-7-11(13(4,5)6)9(2)10(3)12(8)17(14,15)16/h7H,1-6H3,(H,14,15,16). The molecule has 1 N–H and O–H groups in total. The van der Waals surface area contributed by atoms with Crippen LogP contribution in [0.4, 0.5) is 0 Å². The van der Waals surface area contributed by atoms with Crippen LogP contribution in [0, 0.1) is 20.8 Å². The molecule has 0 fully saturated rings. The van der Waals surface area contributed by atoms with Crippen molar-refractivity contribution in [3.05, 3.63) is 28.3 Å². The van der Waals surface area contributed by atoms with E-state index in [0.29, 0.717) is 11.1 Å². The molecule has 0 bridgehead atoms. The van der Waals surface area contributed by atoms with Crippen molar-refractivity contribution in [1.82, 2.24) is 0 Å². The first kappa shape index (κ1) is 14.2. The highest BCUT2D eigenvalue weighted by Gasteiger charge is 2.24. The van der Waals surface area contributed by atoms with Crippen LogP contribution < -0.4 is 0 Å². The Kier molecular flexibility index (Phi) is 3.43. The topological polar surface area (TPSA) is 54.4 Å². The van der Waals surface area contributed by atoms with E-state index in [1.54, 1.807) is 13.8 Å². The van der Waals surface area contributed by atoms with E-state index < -0.39 is 10.1 Å². The lowest BCUT2D eigenvalue weighted by molar-refractivity contribution is 0.481. The Hall–Kier alpha value is -0.870. The molecule has 17 heavy (non-hydrogen) atoms. The van der Waals surface area contributed by atoms with Gasteiger partial charge in [0.05, 0.1) is 4.90 Å². The van der Waals surface area contributed by atoms with Crippen molar-refractivity contribution in [2.75, 3.05) is 0 Å². The van der Waals surface area contributed by atoms with Crippen molar-refractivity contribution in [3.63, 3.8) is 0 Å². The summed E-state index contributed by atoms with van der Waals surface area (Å²) in [5.74, 6) is 0. The molecule has 0 radical (unpaired) electrons. The van der Waals surface area contributed by atoms with Crippen LogP contribution in [0.15, 0.2) is 11.0 Å². The second kappa shape index (κ2) is 4.10. The van der Waals surface area contributed by atoms with Gasteiger partial charge in [-0.15, -0.1) is 0 Å². The van der Waals surface area contributed by atoms with E-state index in [1.807, 2.05) is 13.0 Å². The summed E-state index contributed by atoms with van der Waals surface area (Å²) in [6, 6.07) is 1.85. The van der Waals surface area contributed by atoms with E-state index in [9.17, 15) is 13.0 Å². The molecule has 0 heterocycles. The highest BCUT2D eigenvalue weighted by atomic mass is 32.2. The van der Waals surface area contributed by atoms with E-state index >= 15 is 0 Å². The van der Waals surface area contributed by atoms with Crippen LogP contribution in [-0.2, 0) is 15.5 Å². The minimum atomic E-state index is -4.15. The maximum absolute atomic E-state index is 11.3. The zero-order chi connectivity index (χ0) is 13.6. The van der Waals surface area contributed by atoms with Crippen molar-refractivity contribution in [2.45, 2.75) is 51.9 Å². The van der Waals surface area contributed by atoms with Crippen LogP contribution >= 0.6 is 0 Å². The fourth-order valence-corrected chi connectivity index (χ4v) is 3.24. The lowest BCUT2D eigenvalue weighted by Gasteiger charge is -2.25. The fraction of sp³-hybridized carbons (Fsp3) is 0.538. The van der Waals surface area contributed by atoms with Crippen LogP contribution in [0.5, 0.6) is 0 Å². The summed E-state index contributed by atoms with van der Waals surface area (Å²) in [5.41, 5.74) is 3.23. The second-order valence-electron chi connectivity index (χ2n) is 5.55. The van der Waals surface area contributed by atoms with Crippen LogP contribution in [0.2, 0.25) is 0 Å². The summed E-state index contributed by atoms with van der Waals surface area (Å²) in [4.78, 5) is 0.0444. The SMILES string of the molecule is Cc1cc(C(C)(C)C)c(C)c(C)c1S(=O)(=O)O. The molecule has 3 nitrogen and oxygen atoms in total. The van der Waals surface area contributed by atoms with Crippen LogP contribution in [0.1, 0.15) is 43.0 Å². The minimum Gasteiger partial charge on any atom is -0.282 e. The predicted molar refractivity (Wildman–Crippen MR) is 69.2 cm³/mol. The average molecular weight is 256 g/mol. The molecule has 0 aliphatic heterocycles. The van der Waals surface area contributed by atoms with E-state index in [1.165, 1.54) is 0 Å². The quantitative estimate of drug-likeness (QED) is 0.785. The largest absolute Gasteiger partial charge is 0.295 e. The molecule has 0 amide bonds. The van der Waals surface area contributed by atoms with Crippen molar-refractivity contribution in [3.8, 4) is 0 Å². The molecule has 0 aliphatic carbocycles. The minimum absolute atomic E-state index is 0.0443. The van der Waals surface area contributed by atoms with Gasteiger partial charge in [-0.1, -0.05) is 26.8 Å². The molecule has 0 atom stereocenters. The third kappa shape index (κ3) is 2.69. The Balaban J connectivity index is 3.72. The summed E-state index contributed by atoms with van der Waals surface area (Å²) in [6.07, 6.45) is 0. The first-order chi connectivity index (χ1) is 7.46. The maximum atomic E-state index is 11.3. The lowest BCUT2D eigenvalue weighted by atomic mass is 9.82. The summed E-state index contributed by atoms with van der Waals surface area (Å²) < 4.78 is 31.9. The van der Waals surface area contributed by atoms with Gasteiger partial charge in [0.15, 0.2) is 0 Å². The van der Waals surface area contributed by atoms with Gasteiger partial charge in [-0.05, 0) is 48.4 Å². The van der Waals surface area contributed by atoms with Gasteiger partial charge in [-0.25, -0.2) is 0 Å². The molecule has 1 aromatic carbocycles. The van der Waals surface area contributed by atoms with Gasteiger partial charge >= 0.3 is 0 Å². The van der Waals surface area contributed by atoms with E-state index in [-0.39, 0.29) is 10.3 Å². The van der Waals surface area contributed by atoms with Gasteiger partial charge in [0.2, 0.25) is 0 Å². The number of aryl methyl sites for hydroxylation is 1. The molecule has 4 heteroatoms. The highest BCUT2D eigenvalue weighted by Crippen LogP contribution is 2.32. The van der Waals surface area contributed by atoms with E-state index in [0.717, 1.165) is 11.1 Å². The van der Waals surface area contributed by atoms with Crippen LogP contribution in [0.3, 0.4) is 0 Å². The van der Waals surface area contributed by atoms with E-state index in [2.05, 4.69) is 20.8 Å². The Bertz CT molecular complexity index is 549. The third-order valence-corrected chi connectivity index (χ3v) is 4.24. The first-order valence-electron chi connectivity index (χ1n) is 5.55. The van der Waals surface area contributed by atoms with Crippen molar-refractivity contribution in [1.29, 1.82) is 0 Å². The Morgan fingerprint density at radius 1 is 1.06 bits per heavy atom. The smallest absolute Gasteiger partial charge is 0.282 e. The average Bonchev–Trinajstić information content (AvgIpc) is 2.07. The number of benzene rings is 1. The lowest BCUT2D eigenvalue weighted by Crippen LogP contribution is -2.16. The molecule has 0 unspecified atom stereocenters. The molecule has 96 valence electrons. The zero-order valence-electron chi connectivity index (χ0n) is 11.2. The molecular formula is C13H20O3S.